The van der Waals surface area contributed by atoms with Crippen LogP contribution in [-0.2, 0) is 19.9 Å². The lowest BCUT2D eigenvalue weighted by atomic mass is 9.84. The summed E-state index contributed by atoms with van der Waals surface area (Å²) in [5.74, 6) is -0.0167. The molecule has 1 atom stereocenters. The van der Waals surface area contributed by atoms with Gasteiger partial charge in [0.25, 0.3) is 0 Å². The molecule has 4 rings (SSSR count). The first-order valence-corrected chi connectivity index (χ1v) is 12.8. The molecule has 0 fully saturated rings. The van der Waals surface area contributed by atoms with E-state index < -0.39 is 22.4 Å². The van der Waals surface area contributed by atoms with E-state index in [1.807, 2.05) is 98.8 Å². The Bertz CT molecular complexity index is 1120. The van der Waals surface area contributed by atoms with Crippen LogP contribution in [0.15, 0.2) is 121 Å². The maximum absolute atomic E-state index is 13.1. The van der Waals surface area contributed by atoms with Crippen molar-refractivity contribution in [1.29, 1.82) is 0 Å². The van der Waals surface area contributed by atoms with Crippen molar-refractivity contribution < 1.29 is 9.53 Å². The molecule has 178 valence electrons. The Labute approximate surface area is 212 Å². The minimum Gasteiger partial charge on any atom is -0.454 e. The number of benzene rings is 4. The Kier molecular flexibility index (Phi) is 7.74. The van der Waals surface area contributed by atoms with Crippen molar-refractivity contribution in [2.75, 3.05) is 5.75 Å². The molecule has 0 saturated heterocycles. The predicted molar refractivity (Wildman–Crippen MR) is 145 cm³/mol. The third-order valence-corrected chi connectivity index (χ3v) is 7.81. The molecule has 4 heteroatoms. The maximum Gasteiger partial charge on any atom is 0.324 e. The minimum atomic E-state index is -0.779. The van der Waals surface area contributed by atoms with Crippen LogP contribution in [0.5, 0.6) is 0 Å². The number of hydrogen-bond donors (Lipinski definition) is 1. The highest BCUT2D eigenvalue weighted by atomic mass is 32.2. The van der Waals surface area contributed by atoms with E-state index >= 15 is 0 Å². The Morgan fingerprint density at radius 3 is 1.40 bits per heavy atom. The Balaban J connectivity index is 1.65. The van der Waals surface area contributed by atoms with Gasteiger partial charge in [0.15, 0.2) is 0 Å². The summed E-state index contributed by atoms with van der Waals surface area (Å²) >= 11 is 1.66. The van der Waals surface area contributed by atoms with Gasteiger partial charge in [0.05, 0.1) is 4.75 Å². The van der Waals surface area contributed by atoms with Crippen LogP contribution in [0.1, 0.15) is 36.1 Å². The summed E-state index contributed by atoms with van der Waals surface area (Å²) < 4.78 is 5.36. The lowest BCUT2D eigenvalue weighted by Gasteiger charge is -2.36. The summed E-state index contributed by atoms with van der Waals surface area (Å²) in [6, 6.07) is 40.1. The third-order valence-electron chi connectivity index (χ3n) is 6.15. The average molecular weight is 482 g/mol. The number of esters is 1. The molecule has 0 spiro atoms. The molecule has 0 aromatic heterocycles. The number of hydrogen-bond acceptors (Lipinski definition) is 4. The molecule has 0 amide bonds. The van der Waals surface area contributed by atoms with Crippen LogP contribution < -0.4 is 5.73 Å². The van der Waals surface area contributed by atoms with Gasteiger partial charge in [0, 0.05) is 5.75 Å². The molecular formula is C31H31NO2S. The van der Waals surface area contributed by atoms with E-state index in [2.05, 4.69) is 36.4 Å². The summed E-state index contributed by atoms with van der Waals surface area (Å²) in [5, 5.41) is 0. The minimum absolute atomic E-state index is 0.391. The fourth-order valence-electron chi connectivity index (χ4n) is 4.28. The molecular weight excluding hydrogens is 450 g/mol. The molecule has 2 N–H and O–H groups in total. The van der Waals surface area contributed by atoms with E-state index in [0.29, 0.717) is 5.75 Å². The van der Waals surface area contributed by atoms with Gasteiger partial charge in [0.2, 0.25) is 0 Å². The van der Waals surface area contributed by atoms with Crippen molar-refractivity contribution in [2.24, 2.45) is 5.73 Å². The first-order valence-electron chi connectivity index (χ1n) is 11.8. The third kappa shape index (κ3) is 5.50. The molecule has 0 heterocycles. The van der Waals surface area contributed by atoms with Crippen LogP contribution in [0.2, 0.25) is 0 Å². The number of carbonyl (C=O) groups is 1. The van der Waals surface area contributed by atoms with Crippen molar-refractivity contribution in [3.63, 3.8) is 0 Å². The van der Waals surface area contributed by atoms with Crippen molar-refractivity contribution >= 4 is 17.7 Å². The molecule has 4 aromatic carbocycles. The summed E-state index contributed by atoms with van der Waals surface area (Å²) in [6.07, 6.45) is 0. The lowest BCUT2D eigenvalue weighted by molar-refractivity contribution is -0.158. The van der Waals surface area contributed by atoms with Gasteiger partial charge in [-0.05, 0) is 36.1 Å². The van der Waals surface area contributed by atoms with Crippen molar-refractivity contribution in [1.82, 2.24) is 0 Å². The summed E-state index contributed by atoms with van der Waals surface area (Å²) in [5.41, 5.74) is 10.0. The summed E-state index contributed by atoms with van der Waals surface area (Å²) in [7, 11) is 0. The molecule has 0 bridgehead atoms. The first-order chi connectivity index (χ1) is 16.9. The van der Waals surface area contributed by atoms with Crippen LogP contribution in [0.25, 0.3) is 0 Å². The largest absolute Gasteiger partial charge is 0.454 e. The van der Waals surface area contributed by atoms with Crippen LogP contribution in [0, 0.1) is 0 Å². The monoisotopic (exact) mass is 481 g/mol. The molecule has 0 aliphatic rings. The molecule has 0 saturated carbocycles. The maximum atomic E-state index is 13.1. The quantitative estimate of drug-likeness (QED) is 0.218. The molecule has 0 radical (unpaired) electrons. The number of thioether (sulfide) groups is 1. The van der Waals surface area contributed by atoms with Gasteiger partial charge in [-0.3, -0.25) is 4.79 Å². The smallest absolute Gasteiger partial charge is 0.324 e. The SMILES string of the molecule is CC(C)(OC(=O)[C@@H](N)CSC(c1ccccc1)(c1ccccc1)c1ccccc1)c1ccccc1. The predicted octanol–water partition coefficient (Wildman–Crippen LogP) is 6.52. The zero-order valence-corrected chi connectivity index (χ0v) is 21.0. The summed E-state index contributed by atoms with van der Waals surface area (Å²) in [6.45, 7) is 3.78. The lowest BCUT2D eigenvalue weighted by Crippen LogP contribution is -2.40. The zero-order valence-electron chi connectivity index (χ0n) is 20.1. The second-order valence-electron chi connectivity index (χ2n) is 8.99. The second-order valence-corrected chi connectivity index (χ2v) is 10.2. The summed E-state index contributed by atoms with van der Waals surface area (Å²) in [4.78, 5) is 13.1. The average Bonchev–Trinajstić information content (AvgIpc) is 2.91. The molecule has 0 aliphatic carbocycles. The van der Waals surface area contributed by atoms with E-state index in [9.17, 15) is 4.79 Å². The van der Waals surface area contributed by atoms with E-state index in [1.54, 1.807) is 11.8 Å². The highest BCUT2D eigenvalue weighted by molar-refractivity contribution is 8.00. The van der Waals surface area contributed by atoms with Gasteiger partial charge in [-0.25, -0.2) is 0 Å². The topological polar surface area (TPSA) is 52.3 Å². The van der Waals surface area contributed by atoms with Crippen molar-refractivity contribution in [3.8, 4) is 0 Å². The molecule has 4 aromatic rings. The first kappa shape index (κ1) is 24.8. The number of rotatable bonds is 9. The van der Waals surface area contributed by atoms with Gasteiger partial charge >= 0.3 is 5.97 Å². The van der Waals surface area contributed by atoms with E-state index in [4.69, 9.17) is 10.5 Å². The van der Waals surface area contributed by atoms with Crippen LogP contribution in [0.4, 0.5) is 0 Å². The molecule has 35 heavy (non-hydrogen) atoms. The van der Waals surface area contributed by atoms with Gasteiger partial charge in [-0.2, -0.15) is 0 Å². The van der Waals surface area contributed by atoms with Gasteiger partial charge in [-0.15, -0.1) is 11.8 Å². The highest BCUT2D eigenvalue weighted by Gasteiger charge is 2.38. The second kappa shape index (κ2) is 10.9. The fraction of sp³-hybridized carbons (Fsp3) is 0.194. The van der Waals surface area contributed by atoms with Gasteiger partial charge in [0.1, 0.15) is 11.6 Å². The zero-order chi connectivity index (χ0) is 24.7. The van der Waals surface area contributed by atoms with Crippen LogP contribution >= 0.6 is 11.8 Å². The number of nitrogens with two attached hydrogens (primary N) is 1. The normalized spacial score (nSPS) is 12.7. The van der Waals surface area contributed by atoms with Crippen molar-refractivity contribution in [2.45, 2.75) is 30.2 Å². The molecule has 3 nitrogen and oxygen atoms in total. The standard InChI is InChI=1S/C31H31NO2S/c1-30(2,24-15-7-3-8-16-24)34-29(33)28(32)23-35-31(25-17-9-4-10-18-25,26-19-11-5-12-20-26)27-21-13-6-14-22-27/h3-22,28H,23,32H2,1-2H3/t28-/m0/s1. The van der Waals surface area contributed by atoms with Crippen molar-refractivity contribution in [3.05, 3.63) is 144 Å². The van der Waals surface area contributed by atoms with Crippen LogP contribution in [-0.4, -0.2) is 17.8 Å². The molecule has 0 unspecified atom stereocenters. The van der Waals surface area contributed by atoms with Gasteiger partial charge in [-0.1, -0.05) is 121 Å². The van der Waals surface area contributed by atoms with E-state index in [0.717, 1.165) is 22.3 Å². The van der Waals surface area contributed by atoms with Gasteiger partial charge < -0.3 is 10.5 Å². The number of ether oxygens (including phenoxy) is 1. The highest BCUT2D eigenvalue weighted by Crippen LogP contribution is 2.48. The molecule has 0 aliphatic heterocycles. The van der Waals surface area contributed by atoms with E-state index in [1.165, 1.54) is 0 Å². The van der Waals surface area contributed by atoms with Crippen LogP contribution in [0.3, 0.4) is 0 Å². The fourth-order valence-corrected chi connectivity index (χ4v) is 5.75. The Morgan fingerprint density at radius 1 is 0.686 bits per heavy atom. The van der Waals surface area contributed by atoms with E-state index in [-0.39, 0.29) is 0 Å². The Hall–Kier alpha value is -3.34. The number of carbonyl (C=O) groups excluding carboxylic acids is 1. The Morgan fingerprint density at radius 2 is 1.03 bits per heavy atom.